The standard InChI is InChI=1S/C9H7ClN2O3/c10-11-5-15-12-8(13)6-3-1-2-4-7(6)9(12)14/h1-4,11H,5H2. The van der Waals surface area contributed by atoms with E-state index in [1.54, 1.807) is 24.3 Å². The molecule has 1 heterocycles. The van der Waals surface area contributed by atoms with Crippen LogP contribution in [0.5, 0.6) is 0 Å². The molecule has 1 aliphatic heterocycles. The van der Waals surface area contributed by atoms with E-state index in [1.807, 2.05) is 0 Å². The van der Waals surface area contributed by atoms with Gasteiger partial charge in [0.1, 0.15) is 6.73 Å². The lowest BCUT2D eigenvalue weighted by atomic mass is 10.1. The highest BCUT2D eigenvalue weighted by Crippen LogP contribution is 2.22. The molecule has 0 aromatic heterocycles. The summed E-state index contributed by atoms with van der Waals surface area (Å²) in [5.41, 5.74) is 0.689. The molecule has 6 heteroatoms. The molecule has 0 saturated carbocycles. The molecule has 0 bridgehead atoms. The zero-order valence-electron chi connectivity index (χ0n) is 7.57. The van der Waals surface area contributed by atoms with Crippen LogP contribution >= 0.6 is 11.8 Å². The Bertz CT molecular complexity index is 387. The van der Waals surface area contributed by atoms with Gasteiger partial charge in [0.25, 0.3) is 11.8 Å². The van der Waals surface area contributed by atoms with E-state index in [0.29, 0.717) is 16.2 Å². The third-order valence-corrected chi connectivity index (χ3v) is 2.11. The van der Waals surface area contributed by atoms with Crippen LogP contribution < -0.4 is 4.84 Å². The second kappa shape index (κ2) is 3.98. The highest BCUT2D eigenvalue weighted by atomic mass is 35.5. The Labute approximate surface area is 90.6 Å². The minimum Gasteiger partial charge on any atom is -0.266 e. The molecule has 0 fully saturated rings. The van der Waals surface area contributed by atoms with Crippen molar-refractivity contribution in [2.75, 3.05) is 6.73 Å². The molecule has 0 radical (unpaired) electrons. The smallest absolute Gasteiger partial charge is 0.266 e. The Morgan fingerprint density at radius 3 is 2.20 bits per heavy atom. The van der Waals surface area contributed by atoms with Gasteiger partial charge < -0.3 is 0 Å². The summed E-state index contributed by atoms with van der Waals surface area (Å²) in [6.45, 7) is -0.118. The number of amides is 2. The van der Waals surface area contributed by atoms with Crippen molar-refractivity contribution in [3.63, 3.8) is 0 Å². The minimum absolute atomic E-state index is 0.118. The number of benzene rings is 1. The first kappa shape index (κ1) is 10.1. The number of hydrogen-bond acceptors (Lipinski definition) is 4. The van der Waals surface area contributed by atoms with Gasteiger partial charge in [0.05, 0.1) is 11.1 Å². The number of carbonyl (C=O) groups excluding carboxylic acids is 2. The Morgan fingerprint density at radius 2 is 1.73 bits per heavy atom. The highest BCUT2D eigenvalue weighted by molar-refractivity contribution is 6.20. The summed E-state index contributed by atoms with van der Waals surface area (Å²) >= 11 is 5.16. The topological polar surface area (TPSA) is 58.6 Å². The Hall–Kier alpha value is -1.43. The first-order valence-electron chi connectivity index (χ1n) is 4.20. The van der Waals surface area contributed by atoms with E-state index in [1.165, 1.54) is 0 Å². The van der Waals surface area contributed by atoms with Gasteiger partial charge in [-0.1, -0.05) is 12.1 Å². The van der Waals surface area contributed by atoms with Gasteiger partial charge in [-0.2, -0.15) is 0 Å². The van der Waals surface area contributed by atoms with Crippen LogP contribution in [0.4, 0.5) is 0 Å². The molecule has 1 aliphatic rings. The van der Waals surface area contributed by atoms with Crippen molar-refractivity contribution in [2.24, 2.45) is 0 Å². The summed E-state index contributed by atoms with van der Waals surface area (Å²) < 4.78 is 0. The first-order chi connectivity index (χ1) is 7.25. The van der Waals surface area contributed by atoms with Crippen molar-refractivity contribution >= 4 is 23.6 Å². The van der Waals surface area contributed by atoms with Crippen molar-refractivity contribution < 1.29 is 14.4 Å². The van der Waals surface area contributed by atoms with Crippen molar-refractivity contribution in [1.82, 2.24) is 9.90 Å². The van der Waals surface area contributed by atoms with Crippen LogP contribution in [0, 0.1) is 0 Å². The molecule has 0 spiro atoms. The van der Waals surface area contributed by atoms with Gasteiger partial charge in [-0.3, -0.25) is 9.59 Å². The van der Waals surface area contributed by atoms with Crippen LogP contribution in [0.1, 0.15) is 20.7 Å². The number of carbonyl (C=O) groups is 2. The van der Waals surface area contributed by atoms with E-state index in [-0.39, 0.29) is 6.73 Å². The summed E-state index contributed by atoms with van der Waals surface area (Å²) in [5, 5.41) is 0.694. The molecule has 15 heavy (non-hydrogen) atoms. The fourth-order valence-electron chi connectivity index (χ4n) is 1.37. The fourth-order valence-corrected chi connectivity index (χ4v) is 1.42. The fraction of sp³-hybridized carbons (Fsp3) is 0.111. The van der Waals surface area contributed by atoms with E-state index in [0.717, 1.165) is 0 Å². The zero-order chi connectivity index (χ0) is 10.8. The molecule has 0 atom stereocenters. The number of halogens is 1. The predicted octanol–water partition coefficient (Wildman–Crippen LogP) is 0.915. The molecule has 0 unspecified atom stereocenters. The molecule has 0 saturated heterocycles. The van der Waals surface area contributed by atoms with Crippen LogP contribution in [0.15, 0.2) is 24.3 Å². The summed E-state index contributed by atoms with van der Waals surface area (Å²) in [4.78, 5) is 30.3. The van der Waals surface area contributed by atoms with E-state index >= 15 is 0 Å². The molecule has 78 valence electrons. The SMILES string of the molecule is O=C1c2ccccc2C(=O)N1OCNCl. The maximum atomic E-state index is 11.6. The largest absolute Gasteiger partial charge is 0.285 e. The van der Waals surface area contributed by atoms with Crippen LogP contribution in [-0.4, -0.2) is 23.6 Å². The maximum absolute atomic E-state index is 11.6. The Kier molecular flexibility index (Phi) is 2.68. The molecule has 0 aliphatic carbocycles. The lowest BCUT2D eigenvalue weighted by Crippen LogP contribution is -2.32. The van der Waals surface area contributed by atoms with Gasteiger partial charge in [0.15, 0.2) is 0 Å². The third-order valence-electron chi connectivity index (χ3n) is 2.00. The summed E-state index contributed by atoms with van der Waals surface area (Å²) in [5.74, 6) is -0.940. The predicted molar refractivity (Wildman–Crippen MR) is 51.9 cm³/mol. The first-order valence-corrected chi connectivity index (χ1v) is 4.57. The Morgan fingerprint density at radius 1 is 1.20 bits per heavy atom. The summed E-state index contributed by atoms with van der Waals surface area (Å²) in [6.07, 6.45) is 0. The van der Waals surface area contributed by atoms with Crippen LogP contribution in [0.3, 0.4) is 0 Å². The van der Waals surface area contributed by atoms with Crippen LogP contribution in [-0.2, 0) is 4.84 Å². The molecular formula is C9H7ClN2O3. The molecular weight excluding hydrogens is 220 g/mol. The number of hydroxylamine groups is 2. The molecule has 5 nitrogen and oxygen atoms in total. The normalized spacial score (nSPS) is 14.6. The lowest BCUT2D eigenvalue weighted by molar-refractivity contribution is -0.0927. The van der Waals surface area contributed by atoms with Crippen LogP contribution in [0.25, 0.3) is 0 Å². The number of hydrogen-bond donors (Lipinski definition) is 1. The van der Waals surface area contributed by atoms with Crippen molar-refractivity contribution in [3.8, 4) is 0 Å². The van der Waals surface area contributed by atoms with E-state index < -0.39 is 11.8 Å². The molecule has 2 rings (SSSR count). The van der Waals surface area contributed by atoms with E-state index in [9.17, 15) is 9.59 Å². The number of rotatable bonds is 3. The minimum atomic E-state index is -0.470. The average Bonchev–Trinajstić information content (AvgIpc) is 2.51. The number of imide groups is 1. The number of fused-ring (bicyclic) bond motifs is 1. The number of nitrogens with one attached hydrogen (secondary N) is 1. The van der Waals surface area contributed by atoms with E-state index in [4.69, 9.17) is 16.6 Å². The molecule has 2 amide bonds. The Balaban J connectivity index is 2.29. The monoisotopic (exact) mass is 226 g/mol. The molecule has 1 aromatic carbocycles. The second-order valence-corrected chi connectivity index (χ2v) is 3.12. The van der Waals surface area contributed by atoms with Gasteiger partial charge in [-0.05, 0) is 23.9 Å². The van der Waals surface area contributed by atoms with Crippen molar-refractivity contribution in [3.05, 3.63) is 35.4 Å². The molecule has 1 aromatic rings. The van der Waals surface area contributed by atoms with Gasteiger partial charge in [0, 0.05) is 0 Å². The average molecular weight is 227 g/mol. The van der Waals surface area contributed by atoms with Gasteiger partial charge in [-0.15, -0.1) is 5.06 Å². The van der Waals surface area contributed by atoms with Gasteiger partial charge >= 0.3 is 0 Å². The zero-order valence-corrected chi connectivity index (χ0v) is 8.32. The van der Waals surface area contributed by atoms with Crippen molar-refractivity contribution in [1.29, 1.82) is 0 Å². The second-order valence-electron chi connectivity index (χ2n) is 2.86. The highest BCUT2D eigenvalue weighted by Gasteiger charge is 2.36. The van der Waals surface area contributed by atoms with E-state index in [2.05, 4.69) is 4.84 Å². The maximum Gasteiger partial charge on any atom is 0.285 e. The summed E-state index contributed by atoms with van der Waals surface area (Å²) in [6, 6.07) is 6.53. The van der Waals surface area contributed by atoms with Crippen molar-refractivity contribution in [2.45, 2.75) is 0 Å². The third kappa shape index (κ3) is 1.61. The lowest BCUT2D eigenvalue weighted by Gasteiger charge is -2.11. The number of nitrogens with zero attached hydrogens (tertiary/aromatic N) is 1. The van der Waals surface area contributed by atoms with Gasteiger partial charge in [0.2, 0.25) is 0 Å². The molecule has 1 N–H and O–H groups in total. The van der Waals surface area contributed by atoms with Gasteiger partial charge in [-0.25, -0.2) is 9.67 Å². The van der Waals surface area contributed by atoms with Crippen LogP contribution in [0.2, 0.25) is 0 Å². The quantitative estimate of drug-likeness (QED) is 0.473. The summed E-state index contributed by atoms with van der Waals surface area (Å²) in [7, 11) is 0.